The number of nitrogens with zero attached hydrogens (tertiary/aromatic N) is 2. The van der Waals surface area contributed by atoms with Crippen LogP contribution in [0.1, 0.15) is 39.7 Å². The maximum atomic E-state index is 12.3. The molecule has 122 valence electrons. The van der Waals surface area contributed by atoms with Crippen molar-refractivity contribution in [3.63, 3.8) is 0 Å². The minimum absolute atomic E-state index is 0.0481. The molecule has 4 N–H and O–H groups in total. The molecule has 6 nitrogen and oxygen atoms in total. The fourth-order valence-electron chi connectivity index (χ4n) is 2.82. The van der Waals surface area contributed by atoms with Crippen LogP contribution in [0.3, 0.4) is 0 Å². The van der Waals surface area contributed by atoms with Gasteiger partial charge in [-0.05, 0) is 43.0 Å². The standard InChI is InChI=1S/C16H21N5OS/c17-16-21-20-14(23-16)6-8-19-15(22)12-4-1-3-11(9-12)13-5-2-7-18-10-13/h1,3-4,9,13,18H,2,5-8,10H2,(H2,17,21)(H,19,22). The van der Waals surface area contributed by atoms with E-state index in [1.54, 1.807) is 0 Å². The molecule has 23 heavy (non-hydrogen) atoms. The van der Waals surface area contributed by atoms with E-state index in [0.29, 0.717) is 29.6 Å². The van der Waals surface area contributed by atoms with E-state index in [-0.39, 0.29) is 5.91 Å². The summed E-state index contributed by atoms with van der Waals surface area (Å²) in [5, 5.41) is 15.4. The highest BCUT2D eigenvalue weighted by atomic mass is 32.1. The zero-order valence-corrected chi connectivity index (χ0v) is 13.7. The number of hydrogen-bond acceptors (Lipinski definition) is 6. The number of nitrogen functional groups attached to an aromatic ring is 1. The van der Waals surface area contributed by atoms with Crippen molar-refractivity contribution in [1.29, 1.82) is 0 Å². The Morgan fingerprint density at radius 3 is 3.09 bits per heavy atom. The second-order valence-corrected chi connectivity index (χ2v) is 6.80. The molecular weight excluding hydrogens is 310 g/mol. The van der Waals surface area contributed by atoms with Crippen molar-refractivity contribution in [1.82, 2.24) is 20.8 Å². The summed E-state index contributed by atoms with van der Waals surface area (Å²) in [6, 6.07) is 7.94. The number of carbonyl (C=O) groups excluding carboxylic acids is 1. The summed E-state index contributed by atoms with van der Waals surface area (Å²) in [5.74, 6) is 0.453. The molecule has 0 aliphatic carbocycles. The third-order valence-electron chi connectivity index (χ3n) is 4.02. The molecule has 2 aromatic rings. The van der Waals surface area contributed by atoms with Crippen molar-refractivity contribution in [3.8, 4) is 0 Å². The van der Waals surface area contributed by atoms with Gasteiger partial charge in [0.25, 0.3) is 5.91 Å². The SMILES string of the molecule is Nc1nnc(CCNC(=O)c2cccc(C3CCCNC3)c2)s1. The van der Waals surface area contributed by atoms with Gasteiger partial charge in [0.15, 0.2) is 0 Å². The number of aromatic nitrogens is 2. The summed E-state index contributed by atoms with van der Waals surface area (Å²) in [6.45, 7) is 2.61. The van der Waals surface area contributed by atoms with Crippen molar-refractivity contribution in [2.75, 3.05) is 25.4 Å². The third-order valence-corrected chi connectivity index (χ3v) is 4.84. The summed E-state index contributed by atoms with van der Waals surface area (Å²) in [6.07, 6.45) is 3.01. The summed E-state index contributed by atoms with van der Waals surface area (Å²) >= 11 is 1.35. The second-order valence-electron chi connectivity index (χ2n) is 5.71. The van der Waals surface area contributed by atoms with Crippen LogP contribution in [0.15, 0.2) is 24.3 Å². The lowest BCUT2D eigenvalue weighted by molar-refractivity contribution is 0.0954. The Labute approximate surface area is 139 Å². The Balaban J connectivity index is 1.56. The lowest BCUT2D eigenvalue weighted by atomic mass is 9.90. The van der Waals surface area contributed by atoms with Crippen LogP contribution in [-0.2, 0) is 6.42 Å². The van der Waals surface area contributed by atoms with Gasteiger partial charge in [-0.1, -0.05) is 23.5 Å². The van der Waals surface area contributed by atoms with Gasteiger partial charge < -0.3 is 16.4 Å². The van der Waals surface area contributed by atoms with Gasteiger partial charge in [-0.25, -0.2) is 0 Å². The fraction of sp³-hybridized carbons (Fsp3) is 0.438. The van der Waals surface area contributed by atoms with Crippen LogP contribution in [0.4, 0.5) is 5.13 Å². The topological polar surface area (TPSA) is 92.9 Å². The predicted octanol–water partition coefficient (Wildman–Crippen LogP) is 1.56. The minimum atomic E-state index is -0.0481. The maximum Gasteiger partial charge on any atom is 0.251 e. The number of hydrogen-bond donors (Lipinski definition) is 3. The molecule has 0 radical (unpaired) electrons. The molecule has 0 bridgehead atoms. The van der Waals surface area contributed by atoms with Gasteiger partial charge in [0.1, 0.15) is 5.01 Å². The van der Waals surface area contributed by atoms with E-state index in [4.69, 9.17) is 5.73 Å². The molecule has 0 saturated carbocycles. The molecule has 0 spiro atoms. The average Bonchev–Trinajstić information content (AvgIpc) is 3.01. The zero-order chi connectivity index (χ0) is 16.1. The van der Waals surface area contributed by atoms with Crippen LogP contribution in [-0.4, -0.2) is 35.7 Å². The normalized spacial score (nSPS) is 17.8. The Hall–Kier alpha value is -1.99. The first-order valence-corrected chi connectivity index (χ1v) is 8.71. The summed E-state index contributed by atoms with van der Waals surface area (Å²) < 4.78 is 0. The first-order chi connectivity index (χ1) is 11.2. The highest BCUT2D eigenvalue weighted by molar-refractivity contribution is 7.15. The van der Waals surface area contributed by atoms with Crippen molar-refractivity contribution in [2.24, 2.45) is 0 Å². The monoisotopic (exact) mass is 331 g/mol. The number of amides is 1. The number of rotatable bonds is 5. The molecule has 1 aliphatic heterocycles. The van der Waals surface area contributed by atoms with E-state index in [0.717, 1.165) is 18.1 Å². The number of anilines is 1. The number of carbonyl (C=O) groups is 1. The summed E-state index contributed by atoms with van der Waals surface area (Å²) in [4.78, 5) is 12.3. The first kappa shape index (κ1) is 15.9. The van der Waals surface area contributed by atoms with Crippen molar-refractivity contribution >= 4 is 22.4 Å². The molecule has 2 heterocycles. The highest BCUT2D eigenvalue weighted by Crippen LogP contribution is 2.23. The molecule has 3 rings (SSSR count). The number of piperidine rings is 1. The van der Waals surface area contributed by atoms with Gasteiger partial charge >= 0.3 is 0 Å². The van der Waals surface area contributed by atoms with Crippen LogP contribution in [0.25, 0.3) is 0 Å². The average molecular weight is 331 g/mol. The Kier molecular flexibility index (Phi) is 5.19. The third kappa shape index (κ3) is 4.27. The molecule has 1 aromatic carbocycles. The Morgan fingerprint density at radius 1 is 1.43 bits per heavy atom. The fourth-order valence-corrected chi connectivity index (χ4v) is 3.43. The number of benzene rings is 1. The van der Waals surface area contributed by atoms with E-state index < -0.39 is 0 Å². The van der Waals surface area contributed by atoms with Gasteiger partial charge in [-0.2, -0.15) is 0 Å². The molecule has 7 heteroatoms. The summed E-state index contributed by atoms with van der Waals surface area (Å²) in [7, 11) is 0. The van der Waals surface area contributed by atoms with Gasteiger partial charge in [-0.3, -0.25) is 4.79 Å². The van der Waals surface area contributed by atoms with Crippen molar-refractivity contribution in [2.45, 2.75) is 25.2 Å². The van der Waals surface area contributed by atoms with E-state index in [1.165, 1.54) is 29.7 Å². The number of nitrogens with one attached hydrogen (secondary N) is 2. The van der Waals surface area contributed by atoms with Gasteiger partial charge in [0.05, 0.1) is 0 Å². The van der Waals surface area contributed by atoms with Crippen molar-refractivity contribution in [3.05, 3.63) is 40.4 Å². The van der Waals surface area contributed by atoms with Crippen LogP contribution in [0, 0.1) is 0 Å². The largest absolute Gasteiger partial charge is 0.374 e. The molecule has 1 atom stereocenters. The highest BCUT2D eigenvalue weighted by Gasteiger charge is 2.16. The van der Waals surface area contributed by atoms with E-state index in [1.807, 2.05) is 18.2 Å². The molecule has 1 saturated heterocycles. The first-order valence-electron chi connectivity index (χ1n) is 7.89. The Morgan fingerprint density at radius 2 is 2.35 bits per heavy atom. The second kappa shape index (κ2) is 7.52. The molecule has 1 unspecified atom stereocenters. The van der Waals surface area contributed by atoms with Gasteiger partial charge in [0, 0.05) is 25.1 Å². The van der Waals surface area contributed by atoms with E-state index in [2.05, 4.69) is 26.9 Å². The quantitative estimate of drug-likeness (QED) is 0.773. The molecule has 1 aliphatic rings. The molecule has 1 aromatic heterocycles. The lowest BCUT2D eigenvalue weighted by Crippen LogP contribution is -2.29. The van der Waals surface area contributed by atoms with Gasteiger partial charge in [-0.15, -0.1) is 10.2 Å². The summed E-state index contributed by atoms with van der Waals surface area (Å²) in [5.41, 5.74) is 7.49. The van der Waals surface area contributed by atoms with E-state index >= 15 is 0 Å². The van der Waals surface area contributed by atoms with Crippen LogP contribution in [0.5, 0.6) is 0 Å². The molecular formula is C16H21N5OS. The maximum absolute atomic E-state index is 12.3. The lowest BCUT2D eigenvalue weighted by Gasteiger charge is -2.23. The van der Waals surface area contributed by atoms with Gasteiger partial charge in [0.2, 0.25) is 5.13 Å². The Bertz CT molecular complexity index is 666. The minimum Gasteiger partial charge on any atom is -0.374 e. The van der Waals surface area contributed by atoms with Crippen LogP contribution >= 0.6 is 11.3 Å². The van der Waals surface area contributed by atoms with Crippen LogP contribution in [0.2, 0.25) is 0 Å². The molecule has 1 amide bonds. The number of nitrogens with two attached hydrogens (primary N) is 1. The zero-order valence-electron chi connectivity index (χ0n) is 12.9. The van der Waals surface area contributed by atoms with Crippen molar-refractivity contribution < 1.29 is 4.79 Å². The smallest absolute Gasteiger partial charge is 0.251 e. The van der Waals surface area contributed by atoms with E-state index in [9.17, 15) is 4.79 Å². The molecule has 1 fully saturated rings. The van der Waals surface area contributed by atoms with Crippen LogP contribution < -0.4 is 16.4 Å². The predicted molar refractivity (Wildman–Crippen MR) is 91.6 cm³/mol.